The fourth-order valence-electron chi connectivity index (χ4n) is 1.54. The largest absolute Gasteiger partial charge is 0.370 e. The molecule has 0 amide bonds. The van der Waals surface area contributed by atoms with Crippen molar-refractivity contribution in [3.8, 4) is 0 Å². The second kappa shape index (κ2) is 2.72. The molecule has 0 aromatic carbocycles. The third-order valence-electron chi connectivity index (χ3n) is 2.59. The van der Waals surface area contributed by atoms with Crippen molar-refractivity contribution in [1.82, 2.24) is 4.90 Å². The van der Waals surface area contributed by atoms with E-state index < -0.39 is 0 Å². The lowest BCUT2D eigenvalue weighted by Gasteiger charge is -2.34. The first-order valence-corrected chi connectivity index (χ1v) is 4.21. The van der Waals surface area contributed by atoms with Crippen LogP contribution in [0.15, 0.2) is 4.99 Å². The van der Waals surface area contributed by atoms with Crippen LogP contribution in [0.5, 0.6) is 0 Å². The molecule has 1 unspecified atom stereocenters. The Hall–Kier alpha value is -0.730. The standard InChI is InChI=1S/C8H17N3/c1-4-8(3)6-10-7(9)11(8)5-2/h4-6H2,1-3H3,(H2,9,10). The first-order chi connectivity index (χ1) is 5.14. The van der Waals surface area contributed by atoms with Gasteiger partial charge in [-0.3, -0.25) is 4.99 Å². The fourth-order valence-corrected chi connectivity index (χ4v) is 1.54. The van der Waals surface area contributed by atoms with Gasteiger partial charge in [0, 0.05) is 6.54 Å². The number of likely N-dealkylation sites (N-methyl/N-ethyl adjacent to an activating group) is 1. The van der Waals surface area contributed by atoms with Crippen molar-refractivity contribution < 1.29 is 0 Å². The minimum atomic E-state index is 0.179. The predicted molar refractivity (Wildman–Crippen MR) is 47.6 cm³/mol. The molecule has 3 heteroatoms. The van der Waals surface area contributed by atoms with Crippen LogP contribution in [0.2, 0.25) is 0 Å². The molecule has 2 N–H and O–H groups in total. The van der Waals surface area contributed by atoms with Crippen LogP contribution in [0, 0.1) is 0 Å². The molecular weight excluding hydrogens is 138 g/mol. The van der Waals surface area contributed by atoms with E-state index in [1.54, 1.807) is 0 Å². The van der Waals surface area contributed by atoms with E-state index in [9.17, 15) is 0 Å². The molecule has 1 aliphatic heterocycles. The molecule has 64 valence electrons. The van der Waals surface area contributed by atoms with E-state index in [-0.39, 0.29) is 5.54 Å². The summed E-state index contributed by atoms with van der Waals surface area (Å²) in [5.41, 5.74) is 5.90. The van der Waals surface area contributed by atoms with Gasteiger partial charge in [-0.2, -0.15) is 0 Å². The first-order valence-electron chi connectivity index (χ1n) is 4.21. The molecule has 0 aromatic rings. The Bertz CT molecular complexity index is 176. The van der Waals surface area contributed by atoms with Crippen molar-refractivity contribution >= 4 is 5.96 Å². The SMILES string of the molecule is CCN1C(N)=NCC1(C)CC. The van der Waals surface area contributed by atoms with Crippen LogP contribution in [-0.4, -0.2) is 29.5 Å². The summed E-state index contributed by atoms with van der Waals surface area (Å²) in [6.07, 6.45) is 1.10. The van der Waals surface area contributed by atoms with Crippen molar-refractivity contribution in [3.05, 3.63) is 0 Å². The van der Waals surface area contributed by atoms with E-state index in [4.69, 9.17) is 5.73 Å². The number of rotatable bonds is 2. The maximum absolute atomic E-state index is 5.72. The highest BCUT2D eigenvalue weighted by Gasteiger charge is 2.34. The average molecular weight is 155 g/mol. The molecule has 1 heterocycles. The van der Waals surface area contributed by atoms with Gasteiger partial charge in [0.15, 0.2) is 5.96 Å². The Kier molecular flexibility index (Phi) is 2.07. The Labute approximate surface area is 68.3 Å². The van der Waals surface area contributed by atoms with Gasteiger partial charge < -0.3 is 10.6 Å². The van der Waals surface area contributed by atoms with Crippen LogP contribution in [-0.2, 0) is 0 Å². The van der Waals surface area contributed by atoms with Crippen molar-refractivity contribution in [3.63, 3.8) is 0 Å². The van der Waals surface area contributed by atoms with Crippen LogP contribution in [0.3, 0.4) is 0 Å². The molecule has 3 nitrogen and oxygen atoms in total. The summed E-state index contributed by atoms with van der Waals surface area (Å²) in [5.74, 6) is 0.705. The van der Waals surface area contributed by atoms with Crippen molar-refractivity contribution in [1.29, 1.82) is 0 Å². The van der Waals surface area contributed by atoms with Gasteiger partial charge in [-0.05, 0) is 20.3 Å². The van der Waals surface area contributed by atoms with E-state index in [1.807, 2.05) is 0 Å². The third-order valence-corrected chi connectivity index (χ3v) is 2.59. The molecule has 0 spiro atoms. The van der Waals surface area contributed by atoms with Gasteiger partial charge in [-0.15, -0.1) is 0 Å². The predicted octanol–water partition coefficient (Wildman–Crippen LogP) is 0.805. The molecule has 1 aliphatic rings. The van der Waals surface area contributed by atoms with Crippen LogP contribution in [0.4, 0.5) is 0 Å². The lowest BCUT2D eigenvalue weighted by atomic mass is 9.98. The lowest BCUT2D eigenvalue weighted by molar-refractivity contribution is 0.224. The number of hydrogen-bond acceptors (Lipinski definition) is 3. The molecule has 0 saturated heterocycles. The highest BCUT2D eigenvalue weighted by atomic mass is 15.3. The highest BCUT2D eigenvalue weighted by molar-refractivity contribution is 5.80. The molecule has 0 aromatic heterocycles. The van der Waals surface area contributed by atoms with Crippen LogP contribution in [0.1, 0.15) is 27.2 Å². The van der Waals surface area contributed by atoms with Crippen LogP contribution < -0.4 is 5.73 Å². The zero-order chi connectivity index (χ0) is 8.48. The summed E-state index contributed by atoms with van der Waals surface area (Å²) in [4.78, 5) is 6.41. The van der Waals surface area contributed by atoms with Gasteiger partial charge in [-0.1, -0.05) is 6.92 Å². The van der Waals surface area contributed by atoms with Gasteiger partial charge in [0.1, 0.15) is 0 Å². The highest BCUT2D eigenvalue weighted by Crippen LogP contribution is 2.23. The number of hydrogen-bond donors (Lipinski definition) is 1. The molecular formula is C8H17N3. The van der Waals surface area contributed by atoms with Gasteiger partial charge in [0.25, 0.3) is 0 Å². The summed E-state index contributed by atoms with van der Waals surface area (Å²) in [5, 5.41) is 0. The molecule has 0 fully saturated rings. The normalized spacial score (nSPS) is 30.8. The van der Waals surface area contributed by atoms with E-state index >= 15 is 0 Å². The van der Waals surface area contributed by atoms with Crippen LogP contribution in [0.25, 0.3) is 0 Å². The molecule has 1 atom stereocenters. The Morgan fingerprint density at radius 3 is 2.64 bits per heavy atom. The van der Waals surface area contributed by atoms with Crippen molar-refractivity contribution in [2.24, 2.45) is 10.7 Å². The number of guanidine groups is 1. The number of aliphatic imine (C=N–C) groups is 1. The molecule has 11 heavy (non-hydrogen) atoms. The summed E-state index contributed by atoms with van der Waals surface area (Å²) < 4.78 is 0. The monoisotopic (exact) mass is 155 g/mol. The second-order valence-corrected chi connectivity index (χ2v) is 3.27. The van der Waals surface area contributed by atoms with E-state index in [2.05, 4.69) is 30.7 Å². The summed E-state index contributed by atoms with van der Waals surface area (Å²) in [7, 11) is 0. The maximum Gasteiger partial charge on any atom is 0.191 e. The van der Waals surface area contributed by atoms with Gasteiger partial charge in [0.05, 0.1) is 12.1 Å². The molecule has 0 bridgehead atoms. The summed E-state index contributed by atoms with van der Waals surface area (Å²) in [6.45, 7) is 8.31. The molecule has 0 aliphatic carbocycles. The lowest BCUT2D eigenvalue weighted by Crippen LogP contribution is -2.48. The zero-order valence-corrected chi connectivity index (χ0v) is 7.59. The Morgan fingerprint density at radius 1 is 1.64 bits per heavy atom. The Morgan fingerprint density at radius 2 is 2.27 bits per heavy atom. The van der Waals surface area contributed by atoms with E-state index in [1.165, 1.54) is 0 Å². The fraction of sp³-hybridized carbons (Fsp3) is 0.875. The number of nitrogens with two attached hydrogens (primary N) is 1. The smallest absolute Gasteiger partial charge is 0.191 e. The minimum absolute atomic E-state index is 0.179. The molecule has 1 rings (SSSR count). The van der Waals surface area contributed by atoms with Crippen LogP contribution >= 0.6 is 0 Å². The van der Waals surface area contributed by atoms with E-state index in [0.29, 0.717) is 5.96 Å². The van der Waals surface area contributed by atoms with Gasteiger partial charge in [0.2, 0.25) is 0 Å². The van der Waals surface area contributed by atoms with Gasteiger partial charge >= 0.3 is 0 Å². The van der Waals surface area contributed by atoms with Crippen molar-refractivity contribution in [2.75, 3.05) is 13.1 Å². The number of nitrogens with zero attached hydrogens (tertiary/aromatic N) is 2. The quantitative estimate of drug-likeness (QED) is 0.641. The molecule has 0 saturated carbocycles. The van der Waals surface area contributed by atoms with E-state index in [0.717, 1.165) is 19.5 Å². The zero-order valence-electron chi connectivity index (χ0n) is 7.59. The second-order valence-electron chi connectivity index (χ2n) is 3.27. The summed E-state index contributed by atoms with van der Waals surface area (Å²) in [6, 6.07) is 0. The Balaban J connectivity index is 2.75. The third kappa shape index (κ3) is 1.19. The van der Waals surface area contributed by atoms with Crippen molar-refractivity contribution in [2.45, 2.75) is 32.7 Å². The average Bonchev–Trinajstić information content (AvgIpc) is 2.29. The van der Waals surface area contributed by atoms with Gasteiger partial charge in [-0.25, -0.2) is 0 Å². The first kappa shape index (κ1) is 8.37. The minimum Gasteiger partial charge on any atom is -0.370 e. The maximum atomic E-state index is 5.72. The summed E-state index contributed by atoms with van der Waals surface area (Å²) >= 11 is 0. The topological polar surface area (TPSA) is 41.6 Å². The molecule has 0 radical (unpaired) electrons.